The number of hydrogen-bond donors (Lipinski definition) is 2. The number of nitrogens with one attached hydrogen (secondary N) is 1. The Labute approximate surface area is 196 Å². The predicted octanol–water partition coefficient (Wildman–Crippen LogP) is 5.58. The number of aliphatic carboxylic acids is 1. The molecule has 1 heterocycles. The summed E-state index contributed by atoms with van der Waals surface area (Å²) in [5.41, 5.74) is 0.0952. The summed E-state index contributed by atoms with van der Waals surface area (Å²) >= 11 is 0. The lowest BCUT2D eigenvalue weighted by atomic mass is 9.71. The highest BCUT2D eigenvalue weighted by atomic mass is 16.5. The smallest absolute Gasteiger partial charge is 0.307 e. The maximum Gasteiger partial charge on any atom is 0.307 e. The van der Waals surface area contributed by atoms with Gasteiger partial charge in [-0.1, -0.05) is 89.1 Å². The fourth-order valence-corrected chi connectivity index (χ4v) is 5.02. The molecule has 1 fully saturated rings. The van der Waals surface area contributed by atoms with Crippen LogP contribution in [0, 0.1) is 17.3 Å². The van der Waals surface area contributed by atoms with Crippen molar-refractivity contribution in [3.63, 3.8) is 0 Å². The Bertz CT molecular complexity index is 898. The van der Waals surface area contributed by atoms with Crippen LogP contribution in [0.1, 0.15) is 100 Å². The average molecular weight is 456 g/mol. The SMILES string of the molecule is CC(C)(C)C(C(=O)O)[C@@H](CCCC1CCCCC1)c1nc(CNC(=O)c2ccccc2)no1. The summed E-state index contributed by atoms with van der Waals surface area (Å²) in [6.07, 6.45) is 9.23. The van der Waals surface area contributed by atoms with Crippen molar-refractivity contribution < 1.29 is 19.2 Å². The first-order chi connectivity index (χ1) is 15.8. The van der Waals surface area contributed by atoms with E-state index in [1.807, 2.05) is 26.8 Å². The Hall–Kier alpha value is -2.70. The number of nitrogens with zero attached hydrogens (tertiary/aromatic N) is 2. The first-order valence-corrected chi connectivity index (χ1v) is 12.1. The predicted molar refractivity (Wildman–Crippen MR) is 126 cm³/mol. The van der Waals surface area contributed by atoms with Gasteiger partial charge in [0.15, 0.2) is 5.82 Å². The number of aromatic nitrogens is 2. The standard InChI is InChI=1S/C26H37N3O4/c1-26(2,3)22(25(31)32)20(16-10-13-18-11-6-4-7-12-18)24-28-21(29-33-24)17-27-23(30)19-14-8-5-9-15-19/h5,8-9,14-15,18,20,22H,4,6-7,10-13,16-17H2,1-3H3,(H,27,30)(H,31,32)/t20-,22?/m1/s1. The lowest BCUT2D eigenvalue weighted by Crippen LogP contribution is -2.34. The largest absolute Gasteiger partial charge is 0.481 e. The molecule has 1 aromatic heterocycles. The van der Waals surface area contributed by atoms with Crippen LogP contribution in [0.2, 0.25) is 0 Å². The van der Waals surface area contributed by atoms with E-state index in [1.54, 1.807) is 24.3 Å². The van der Waals surface area contributed by atoms with Crippen LogP contribution in [0.5, 0.6) is 0 Å². The van der Waals surface area contributed by atoms with Crippen molar-refractivity contribution in [2.75, 3.05) is 0 Å². The molecular formula is C26H37N3O4. The van der Waals surface area contributed by atoms with Gasteiger partial charge in [-0.05, 0) is 29.9 Å². The van der Waals surface area contributed by atoms with Crippen molar-refractivity contribution in [3.05, 3.63) is 47.6 Å². The number of rotatable bonds is 10. The van der Waals surface area contributed by atoms with Gasteiger partial charge in [0, 0.05) is 5.56 Å². The van der Waals surface area contributed by atoms with Crippen molar-refractivity contribution in [1.82, 2.24) is 15.5 Å². The number of carboxylic acids is 1. The van der Waals surface area contributed by atoms with E-state index in [0.29, 0.717) is 23.7 Å². The van der Waals surface area contributed by atoms with E-state index in [-0.39, 0.29) is 18.4 Å². The summed E-state index contributed by atoms with van der Waals surface area (Å²) in [6.45, 7) is 5.95. The first-order valence-electron chi connectivity index (χ1n) is 12.1. The summed E-state index contributed by atoms with van der Waals surface area (Å²) in [4.78, 5) is 29.1. The molecule has 0 saturated heterocycles. The zero-order valence-electron chi connectivity index (χ0n) is 20.0. The minimum absolute atomic E-state index is 0.124. The maximum atomic E-state index is 12.3. The molecule has 1 amide bonds. The molecule has 7 nitrogen and oxygen atoms in total. The van der Waals surface area contributed by atoms with Gasteiger partial charge in [0.25, 0.3) is 5.91 Å². The van der Waals surface area contributed by atoms with Crippen LogP contribution in [0.15, 0.2) is 34.9 Å². The molecule has 1 unspecified atom stereocenters. The van der Waals surface area contributed by atoms with Crippen molar-refractivity contribution in [3.8, 4) is 0 Å². The number of carboxylic acid groups (broad SMARTS) is 1. The van der Waals surface area contributed by atoms with Gasteiger partial charge in [0.2, 0.25) is 5.89 Å². The molecule has 2 atom stereocenters. The molecular weight excluding hydrogens is 418 g/mol. The second-order valence-corrected chi connectivity index (χ2v) is 10.3. The molecule has 0 radical (unpaired) electrons. The molecule has 180 valence electrons. The monoisotopic (exact) mass is 455 g/mol. The van der Waals surface area contributed by atoms with Crippen LogP contribution in [0.4, 0.5) is 0 Å². The molecule has 7 heteroatoms. The van der Waals surface area contributed by atoms with Crippen LogP contribution < -0.4 is 5.32 Å². The minimum Gasteiger partial charge on any atom is -0.481 e. The molecule has 0 spiro atoms. The minimum atomic E-state index is -0.845. The van der Waals surface area contributed by atoms with E-state index < -0.39 is 17.3 Å². The van der Waals surface area contributed by atoms with E-state index in [1.165, 1.54) is 32.1 Å². The highest BCUT2D eigenvalue weighted by Crippen LogP contribution is 2.41. The number of benzene rings is 1. The number of amides is 1. The van der Waals surface area contributed by atoms with Crippen LogP contribution in [0.25, 0.3) is 0 Å². The fraction of sp³-hybridized carbons (Fsp3) is 0.615. The molecule has 3 rings (SSSR count). The molecule has 1 aliphatic rings. The van der Waals surface area contributed by atoms with E-state index in [2.05, 4.69) is 15.5 Å². The number of hydrogen-bond acceptors (Lipinski definition) is 5. The van der Waals surface area contributed by atoms with Gasteiger partial charge in [0.1, 0.15) is 0 Å². The summed E-state index contributed by atoms with van der Waals surface area (Å²) in [7, 11) is 0. The van der Waals surface area contributed by atoms with Gasteiger partial charge in [-0.2, -0.15) is 4.98 Å². The second kappa shape index (κ2) is 11.4. The van der Waals surface area contributed by atoms with Gasteiger partial charge in [-0.3, -0.25) is 9.59 Å². The summed E-state index contributed by atoms with van der Waals surface area (Å²) < 4.78 is 5.56. The Morgan fingerprint density at radius 2 is 1.85 bits per heavy atom. The highest BCUT2D eigenvalue weighted by molar-refractivity contribution is 5.93. The molecule has 2 aromatic rings. The third kappa shape index (κ3) is 7.14. The van der Waals surface area contributed by atoms with Gasteiger partial charge in [-0.15, -0.1) is 0 Å². The lowest BCUT2D eigenvalue weighted by molar-refractivity contribution is -0.147. The zero-order chi connectivity index (χ0) is 23.8. The Morgan fingerprint density at radius 1 is 1.15 bits per heavy atom. The van der Waals surface area contributed by atoms with Crippen LogP contribution >= 0.6 is 0 Å². The van der Waals surface area contributed by atoms with Gasteiger partial charge < -0.3 is 14.9 Å². The Balaban J connectivity index is 1.69. The fourth-order valence-electron chi connectivity index (χ4n) is 5.02. The van der Waals surface area contributed by atoms with Gasteiger partial charge in [0.05, 0.1) is 18.4 Å². The Morgan fingerprint density at radius 3 is 2.48 bits per heavy atom. The van der Waals surface area contributed by atoms with Crippen LogP contribution in [0.3, 0.4) is 0 Å². The van der Waals surface area contributed by atoms with E-state index >= 15 is 0 Å². The molecule has 33 heavy (non-hydrogen) atoms. The normalized spacial score (nSPS) is 16.8. The third-order valence-corrected chi connectivity index (χ3v) is 6.70. The topological polar surface area (TPSA) is 105 Å². The van der Waals surface area contributed by atoms with Crippen LogP contribution in [-0.4, -0.2) is 27.1 Å². The quantitative estimate of drug-likeness (QED) is 0.484. The highest BCUT2D eigenvalue weighted by Gasteiger charge is 2.41. The van der Waals surface area contributed by atoms with Crippen molar-refractivity contribution in [1.29, 1.82) is 0 Å². The zero-order valence-corrected chi connectivity index (χ0v) is 20.0. The molecule has 2 N–H and O–H groups in total. The first kappa shape index (κ1) is 24.9. The average Bonchev–Trinajstić information content (AvgIpc) is 3.26. The molecule has 0 bridgehead atoms. The van der Waals surface area contributed by atoms with Crippen LogP contribution in [-0.2, 0) is 11.3 Å². The Kier molecular flexibility index (Phi) is 8.64. The molecule has 1 saturated carbocycles. The summed E-state index contributed by atoms with van der Waals surface area (Å²) in [5, 5.41) is 16.9. The third-order valence-electron chi connectivity index (χ3n) is 6.70. The van der Waals surface area contributed by atoms with E-state index in [9.17, 15) is 14.7 Å². The molecule has 1 aromatic carbocycles. The summed E-state index contributed by atoms with van der Waals surface area (Å²) in [5.74, 6) is -0.627. The van der Waals surface area contributed by atoms with Gasteiger partial charge >= 0.3 is 5.97 Å². The van der Waals surface area contributed by atoms with Crippen molar-refractivity contribution in [2.45, 2.75) is 84.6 Å². The van der Waals surface area contributed by atoms with Crippen molar-refractivity contribution in [2.24, 2.45) is 17.3 Å². The molecule has 0 aliphatic heterocycles. The van der Waals surface area contributed by atoms with E-state index in [0.717, 1.165) is 18.8 Å². The number of carbonyl (C=O) groups is 2. The van der Waals surface area contributed by atoms with E-state index in [4.69, 9.17) is 4.52 Å². The van der Waals surface area contributed by atoms with Gasteiger partial charge in [-0.25, -0.2) is 0 Å². The maximum absolute atomic E-state index is 12.3. The molecule has 1 aliphatic carbocycles. The van der Waals surface area contributed by atoms with Crippen molar-refractivity contribution >= 4 is 11.9 Å². The summed E-state index contributed by atoms with van der Waals surface area (Å²) in [6, 6.07) is 8.93. The number of carbonyl (C=O) groups excluding carboxylic acids is 1. The second-order valence-electron chi connectivity index (χ2n) is 10.3. The lowest BCUT2D eigenvalue weighted by Gasteiger charge is -2.32.